The molecule has 0 aliphatic heterocycles. The summed E-state index contributed by atoms with van der Waals surface area (Å²) in [5.41, 5.74) is 11.7. The third kappa shape index (κ3) is 5.70. The normalized spacial score (nSPS) is 31.6. The average Bonchev–Trinajstić information content (AvgIpc) is 2.11. The summed E-state index contributed by atoms with van der Waals surface area (Å²) < 4.78 is -0.113. The standard InChI is InChI=1S/C6H13N2.C2H4O3.Pt/c7-5-3-1-2-4-6(5)8;3-1-2(4)5;/h5H,1-4,7-8H2;3H,1H2,(H,4,5);/t5-;;/m1../s1. The molecule has 5 nitrogen and oxygen atoms in total. The third-order valence-electron chi connectivity index (χ3n) is 2.04. The van der Waals surface area contributed by atoms with Gasteiger partial charge in [-0.25, -0.2) is 4.79 Å². The first-order valence-corrected chi connectivity index (χ1v) is 5.56. The maximum atomic E-state index is 9.12. The Kier molecular flexibility index (Phi) is 6.53. The number of carboxylic acid groups (broad SMARTS) is 1. The number of aliphatic hydroxyl groups excluding tert-OH is 1. The van der Waals surface area contributed by atoms with E-state index in [1.165, 1.54) is 12.8 Å². The fourth-order valence-corrected chi connectivity index (χ4v) is 1.90. The molecule has 0 radical (unpaired) electrons. The van der Waals surface area contributed by atoms with Gasteiger partial charge in [0, 0.05) is 0 Å². The quantitative estimate of drug-likeness (QED) is 0.471. The van der Waals surface area contributed by atoms with Crippen molar-refractivity contribution in [2.75, 3.05) is 6.61 Å². The van der Waals surface area contributed by atoms with Crippen LogP contribution in [0.25, 0.3) is 0 Å². The molecule has 0 spiro atoms. The van der Waals surface area contributed by atoms with E-state index < -0.39 is 12.6 Å². The zero-order valence-electron chi connectivity index (χ0n) is 7.89. The predicted molar refractivity (Wildman–Crippen MR) is 48.1 cm³/mol. The second-order valence-corrected chi connectivity index (χ2v) is 5.39. The van der Waals surface area contributed by atoms with E-state index in [2.05, 4.69) is 19.8 Å². The summed E-state index contributed by atoms with van der Waals surface area (Å²) >= 11 is 2.25. The van der Waals surface area contributed by atoms with Crippen LogP contribution in [-0.4, -0.2) is 32.8 Å². The number of carbonyl (C=O) groups is 1. The smallest absolute Gasteiger partial charge is 0.329 e. The van der Waals surface area contributed by atoms with Crippen LogP contribution in [0.3, 0.4) is 0 Å². The molecule has 87 valence electrons. The Morgan fingerprint density at radius 1 is 1.57 bits per heavy atom. The van der Waals surface area contributed by atoms with Crippen LogP contribution in [0.5, 0.6) is 0 Å². The van der Waals surface area contributed by atoms with Crippen LogP contribution >= 0.6 is 0 Å². The van der Waals surface area contributed by atoms with E-state index in [1.54, 1.807) is 0 Å². The topological polar surface area (TPSA) is 110 Å². The number of nitrogens with two attached hydrogens (primary N) is 2. The molecule has 0 aromatic rings. The first-order valence-electron chi connectivity index (χ1n) is 4.43. The van der Waals surface area contributed by atoms with Gasteiger partial charge in [-0.1, -0.05) is 0 Å². The Labute approximate surface area is 94.7 Å². The Hall–Kier alpha value is 0.0383. The van der Waals surface area contributed by atoms with Crippen molar-refractivity contribution < 1.29 is 34.8 Å². The van der Waals surface area contributed by atoms with Crippen molar-refractivity contribution in [3.63, 3.8) is 0 Å². The molecule has 1 fully saturated rings. The van der Waals surface area contributed by atoms with Gasteiger partial charge in [0.25, 0.3) is 0 Å². The minimum Gasteiger partial charge on any atom is -0.480 e. The number of hydrogen-bond acceptors (Lipinski definition) is 4. The van der Waals surface area contributed by atoms with Gasteiger partial charge in [-0.05, 0) is 0 Å². The fourth-order valence-electron chi connectivity index (χ4n) is 1.17. The van der Waals surface area contributed by atoms with E-state index in [4.69, 9.17) is 26.5 Å². The largest absolute Gasteiger partial charge is 0.480 e. The second-order valence-electron chi connectivity index (χ2n) is 3.27. The molecule has 1 rings (SSSR count). The van der Waals surface area contributed by atoms with Gasteiger partial charge in [0.15, 0.2) is 0 Å². The van der Waals surface area contributed by atoms with Crippen molar-refractivity contribution in [2.45, 2.75) is 35.7 Å². The molecule has 1 saturated carbocycles. The van der Waals surface area contributed by atoms with Gasteiger partial charge in [-0.2, -0.15) is 0 Å². The van der Waals surface area contributed by atoms with Crippen LogP contribution in [-0.2, 0) is 24.6 Å². The number of hydrogen-bond donors (Lipinski definition) is 4. The van der Waals surface area contributed by atoms with Gasteiger partial charge in [0.1, 0.15) is 6.61 Å². The molecule has 0 bridgehead atoms. The van der Waals surface area contributed by atoms with E-state index in [1.807, 2.05) is 0 Å². The van der Waals surface area contributed by atoms with E-state index in [9.17, 15) is 0 Å². The fraction of sp³-hybridized carbons (Fsp3) is 0.875. The maximum absolute atomic E-state index is 9.12. The van der Waals surface area contributed by atoms with E-state index in [-0.39, 0.29) is 9.97 Å². The van der Waals surface area contributed by atoms with Crippen molar-refractivity contribution >= 4 is 5.97 Å². The summed E-state index contributed by atoms with van der Waals surface area (Å²) in [7, 11) is 0. The van der Waals surface area contributed by atoms with Gasteiger partial charge in [0.05, 0.1) is 0 Å². The van der Waals surface area contributed by atoms with Crippen molar-refractivity contribution in [1.29, 1.82) is 0 Å². The molecule has 6 heteroatoms. The monoisotopic (exact) mass is 384 g/mol. The average molecular weight is 384 g/mol. The molecule has 0 unspecified atom stereocenters. The molecule has 0 heterocycles. The summed E-state index contributed by atoms with van der Waals surface area (Å²) in [5, 5.41) is 15.0. The number of rotatable bonds is 1. The molecular weight excluding hydrogens is 367 g/mol. The Balaban J connectivity index is 0.000000292. The number of aliphatic carboxylic acids is 1. The third-order valence-corrected chi connectivity index (χ3v) is 3.45. The second kappa shape index (κ2) is 6.51. The van der Waals surface area contributed by atoms with E-state index >= 15 is 0 Å². The molecule has 0 aromatic heterocycles. The SMILES string of the molecule is N[C@@H]1CCCC[C@]1(N)[Pt].O=C(O)CO. The first kappa shape index (κ1) is 14.0. The summed E-state index contributed by atoms with van der Waals surface area (Å²) in [6.07, 6.45) is 4.67. The van der Waals surface area contributed by atoms with Gasteiger partial charge in [-0.15, -0.1) is 0 Å². The van der Waals surface area contributed by atoms with Crippen molar-refractivity contribution in [2.24, 2.45) is 11.5 Å². The molecule has 14 heavy (non-hydrogen) atoms. The molecule has 6 N–H and O–H groups in total. The Bertz CT molecular complexity index is 187. The van der Waals surface area contributed by atoms with Crippen LogP contribution in [0.15, 0.2) is 0 Å². The minimum absolute atomic E-state index is 0.113. The molecule has 2 atom stereocenters. The first-order chi connectivity index (χ1) is 6.40. The maximum Gasteiger partial charge on any atom is 0.329 e. The molecule has 1 aliphatic carbocycles. The van der Waals surface area contributed by atoms with Crippen LogP contribution in [0.1, 0.15) is 25.7 Å². The van der Waals surface area contributed by atoms with Crippen LogP contribution < -0.4 is 11.5 Å². The predicted octanol–water partition coefficient (Wildman–Crippen LogP) is -0.847. The molecule has 1 aliphatic rings. The molecular formula is C8H17N2O3Pt. The van der Waals surface area contributed by atoms with Crippen molar-refractivity contribution in [3.05, 3.63) is 0 Å². The zero-order chi connectivity index (χ0) is 11.2. The van der Waals surface area contributed by atoms with Crippen LogP contribution in [0.4, 0.5) is 0 Å². The molecule has 0 amide bonds. The van der Waals surface area contributed by atoms with E-state index in [0.29, 0.717) is 0 Å². The van der Waals surface area contributed by atoms with Gasteiger partial charge in [0.2, 0.25) is 0 Å². The molecule has 0 saturated heterocycles. The summed E-state index contributed by atoms with van der Waals surface area (Å²) in [6.45, 7) is -0.778. The summed E-state index contributed by atoms with van der Waals surface area (Å²) in [6, 6.07) is 0.216. The minimum atomic E-state index is -1.19. The Morgan fingerprint density at radius 3 is 2.29 bits per heavy atom. The number of carboxylic acids is 1. The van der Waals surface area contributed by atoms with Gasteiger partial charge in [-0.3, -0.25) is 0 Å². The summed E-state index contributed by atoms with van der Waals surface area (Å²) in [5.74, 6) is -1.19. The van der Waals surface area contributed by atoms with Crippen LogP contribution in [0.2, 0.25) is 0 Å². The van der Waals surface area contributed by atoms with E-state index in [0.717, 1.165) is 12.8 Å². The van der Waals surface area contributed by atoms with Gasteiger partial charge >= 0.3 is 72.9 Å². The van der Waals surface area contributed by atoms with Crippen LogP contribution in [0, 0.1) is 0 Å². The number of aliphatic hydroxyl groups is 1. The zero-order valence-corrected chi connectivity index (χ0v) is 10.2. The van der Waals surface area contributed by atoms with Gasteiger partial charge < -0.3 is 10.2 Å². The Morgan fingerprint density at radius 2 is 2.07 bits per heavy atom. The summed E-state index contributed by atoms with van der Waals surface area (Å²) in [4.78, 5) is 9.12. The van der Waals surface area contributed by atoms with Crippen molar-refractivity contribution in [1.82, 2.24) is 0 Å². The van der Waals surface area contributed by atoms with Crippen molar-refractivity contribution in [3.8, 4) is 0 Å². The molecule has 0 aromatic carbocycles.